The van der Waals surface area contributed by atoms with E-state index in [0.717, 1.165) is 27.3 Å². The van der Waals surface area contributed by atoms with Crippen LogP contribution in [0.5, 0.6) is 5.75 Å². The van der Waals surface area contributed by atoms with Crippen molar-refractivity contribution in [1.29, 1.82) is 0 Å². The molecule has 1 N–H and O–H groups in total. The van der Waals surface area contributed by atoms with Crippen molar-refractivity contribution in [3.63, 3.8) is 0 Å². The van der Waals surface area contributed by atoms with Gasteiger partial charge in [-0.3, -0.25) is 13.9 Å². The number of rotatable bonds is 14. The first kappa shape index (κ1) is 31.7. The average molecular weight is 580 g/mol. The summed E-state index contributed by atoms with van der Waals surface area (Å²) in [5.41, 5.74) is 3.08. The van der Waals surface area contributed by atoms with E-state index in [1.165, 1.54) is 4.90 Å². The topological polar surface area (TPSA) is 96.0 Å². The van der Waals surface area contributed by atoms with Crippen LogP contribution in [0.4, 0.5) is 5.69 Å². The third-order valence-corrected chi connectivity index (χ3v) is 7.81. The van der Waals surface area contributed by atoms with E-state index in [2.05, 4.69) is 5.32 Å². The molecule has 0 radical (unpaired) electrons. The molecule has 3 rings (SSSR count). The Balaban J connectivity index is 2.03. The van der Waals surface area contributed by atoms with E-state index in [9.17, 15) is 18.0 Å². The number of carbonyl (C=O) groups is 2. The van der Waals surface area contributed by atoms with Gasteiger partial charge in [0, 0.05) is 19.5 Å². The minimum atomic E-state index is -3.83. The van der Waals surface area contributed by atoms with E-state index in [0.29, 0.717) is 24.6 Å². The summed E-state index contributed by atoms with van der Waals surface area (Å²) in [5.74, 6) is 0.0591. The summed E-state index contributed by atoms with van der Waals surface area (Å²) >= 11 is 0. The number of amides is 2. The lowest BCUT2D eigenvalue weighted by Gasteiger charge is -2.34. The molecule has 0 aliphatic carbocycles. The summed E-state index contributed by atoms with van der Waals surface area (Å²) in [6, 6.07) is 22.9. The molecule has 0 aromatic heterocycles. The molecule has 0 aliphatic rings. The average Bonchev–Trinajstić information content (AvgIpc) is 2.93. The first-order valence-electron chi connectivity index (χ1n) is 13.9. The van der Waals surface area contributed by atoms with Crippen LogP contribution in [-0.4, -0.2) is 57.1 Å². The van der Waals surface area contributed by atoms with Crippen molar-refractivity contribution in [2.75, 3.05) is 30.3 Å². The number of anilines is 1. The molecule has 0 aliphatic heterocycles. The van der Waals surface area contributed by atoms with Crippen LogP contribution >= 0.6 is 0 Å². The number of aryl methyl sites for hydroxylation is 1. The normalized spacial score (nSPS) is 12.0. The van der Waals surface area contributed by atoms with E-state index >= 15 is 0 Å². The van der Waals surface area contributed by atoms with E-state index in [4.69, 9.17) is 4.74 Å². The zero-order chi connectivity index (χ0) is 30.0. The largest absolute Gasteiger partial charge is 0.494 e. The Bertz CT molecular complexity index is 1390. The van der Waals surface area contributed by atoms with Gasteiger partial charge in [-0.1, -0.05) is 68.4 Å². The van der Waals surface area contributed by atoms with Crippen molar-refractivity contribution >= 4 is 27.5 Å². The van der Waals surface area contributed by atoms with Crippen LogP contribution in [0.2, 0.25) is 0 Å². The molecule has 0 unspecified atom stereocenters. The van der Waals surface area contributed by atoms with Crippen LogP contribution in [0.3, 0.4) is 0 Å². The summed E-state index contributed by atoms with van der Waals surface area (Å²) in [6.07, 6.45) is 1.35. The molecule has 3 aromatic rings. The second kappa shape index (κ2) is 14.7. The second-order valence-corrected chi connectivity index (χ2v) is 12.4. The fourth-order valence-electron chi connectivity index (χ4n) is 4.44. The zero-order valence-corrected chi connectivity index (χ0v) is 25.4. The van der Waals surface area contributed by atoms with Crippen molar-refractivity contribution in [3.8, 4) is 5.75 Å². The van der Waals surface area contributed by atoms with Crippen LogP contribution in [0.1, 0.15) is 37.5 Å². The van der Waals surface area contributed by atoms with Crippen molar-refractivity contribution in [1.82, 2.24) is 10.2 Å². The molecule has 0 spiro atoms. The number of benzene rings is 3. The minimum Gasteiger partial charge on any atom is -0.494 e. The Hall–Kier alpha value is -3.85. The molecule has 9 heteroatoms. The molecule has 0 saturated carbocycles. The lowest BCUT2D eigenvalue weighted by molar-refractivity contribution is -0.140. The Morgan fingerprint density at radius 2 is 1.56 bits per heavy atom. The van der Waals surface area contributed by atoms with Gasteiger partial charge in [0.25, 0.3) is 0 Å². The molecule has 0 fully saturated rings. The number of nitrogens with zero attached hydrogens (tertiary/aromatic N) is 2. The van der Waals surface area contributed by atoms with Crippen LogP contribution < -0.4 is 14.4 Å². The van der Waals surface area contributed by atoms with Gasteiger partial charge < -0.3 is 15.0 Å². The van der Waals surface area contributed by atoms with Crippen molar-refractivity contribution in [2.24, 2.45) is 5.92 Å². The second-order valence-electron chi connectivity index (χ2n) is 10.5. The highest BCUT2D eigenvalue weighted by Crippen LogP contribution is 2.23. The lowest BCUT2D eigenvalue weighted by Crippen LogP contribution is -2.53. The van der Waals surface area contributed by atoms with Crippen molar-refractivity contribution in [3.05, 3.63) is 95.6 Å². The van der Waals surface area contributed by atoms with Gasteiger partial charge in [-0.15, -0.1) is 0 Å². The summed E-state index contributed by atoms with van der Waals surface area (Å²) in [7, 11) is -3.83. The predicted molar refractivity (Wildman–Crippen MR) is 163 cm³/mol. The number of nitrogens with one attached hydrogen (secondary N) is 1. The smallest absolute Gasteiger partial charge is 0.244 e. The van der Waals surface area contributed by atoms with Crippen molar-refractivity contribution in [2.45, 2.75) is 46.7 Å². The van der Waals surface area contributed by atoms with Gasteiger partial charge in [0.2, 0.25) is 21.8 Å². The molecule has 2 amide bonds. The Morgan fingerprint density at radius 1 is 0.927 bits per heavy atom. The quantitative estimate of drug-likeness (QED) is 0.302. The first-order valence-corrected chi connectivity index (χ1v) is 15.7. The van der Waals surface area contributed by atoms with Gasteiger partial charge in [-0.25, -0.2) is 8.42 Å². The molecule has 3 aromatic carbocycles. The molecule has 1 atom stereocenters. The summed E-state index contributed by atoms with van der Waals surface area (Å²) in [5, 5.41) is 2.99. The fourth-order valence-corrected chi connectivity index (χ4v) is 5.29. The SMILES string of the molecule is CCOc1ccc(N(CC(=O)N(Cc2ccccc2C)[C@H](Cc2ccccc2)C(=O)NCC(C)C)S(C)(=O)=O)cc1. The number of sulfonamides is 1. The maximum atomic E-state index is 14.1. The van der Waals surface area contributed by atoms with E-state index in [-0.39, 0.29) is 24.8 Å². The van der Waals surface area contributed by atoms with Crippen LogP contribution in [0.25, 0.3) is 0 Å². The Labute approximate surface area is 244 Å². The van der Waals surface area contributed by atoms with Gasteiger partial charge >= 0.3 is 0 Å². The van der Waals surface area contributed by atoms with Gasteiger partial charge in [-0.2, -0.15) is 0 Å². The fraction of sp³-hybridized carbons (Fsp3) is 0.375. The standard InChI is InChI=1S/C32H41N3O5S/c1-6-40-29-18-16-28(17-19-29)35(41(5,38)39)23-31(36)34(22-27-15-11-10-12-25(27)4)30(32(37)33-21-24(2)3)20-26-13-8-7-9-14-26/h7-19,24,30H,6,20-23H2,1-5H3,(H,33,37)/t30-/m1/s1. The molecule has 220 valence electrons. The Morgan fingerprint density at radius 3 is 2.15 bits per heavy atom. The van der Waals surface area contributed by atoms with E-state index in [1.54, 1.807) is 24.3 Å². The van der Waals surface area contributed by atoms with Crippen LogP contribution in [0.15, 0.2) is 78.9 Å². The van der Waals surface area contributed by atoms with Crippen LogP contribution in [-0.2, 0) is 32.6 Å². The molecule has 0 bridgehead atoms. The third kappa shape index (κ3) is 9.35. The van der Waals surface area contributed by atoms with Crippen molar-refractivity contribution < 1.29 is 22.7 Å². The lowest BCUT2D eigenvalue weighted by atomic mass is 10.0. The Kier molecular flexibility index (Phi) is 11.3. The van der Waals surface area contributed by atoms with Gasteiger partial charge in [-0.05, 0) is 60.7 Å². The van der Waals surface area contributed by atoms with E-state index in [1.807, 2.05) is 82.3 Å². The molecule has 0 saturated heterocycles. The number of hydrogen-bond donors (Lipinski definition) is 1. The summed E-state index contributed by atoms with van der Waals surface area (Å²) < 4.78 is 32.4. The number of ether oxygens (including phenoxy) is 1. The monoisotopic (exact) mass is 579 g/mol. The van der Waals surface area contributed by atoms with Gasteiger partial charge in [0.15, 0.2) is 0 Å². The summed E-state index contributed by atoms with van der Waals surface area (Å²) in [6.45, 7) is 8.45. The van der Waals surface area contributed by atoms with Gasteiger partial charge in [0.05, 0.1) is 18.6 Å². The highest BCUT2D eigenvalue weighted by Gasteiger charge is 2.33. The highest BCUT2D eigenvalue weighted by molar-refractivity contribution is 7.92. The van der Waals surface area contributed by atoms with Crippen LogP contribution in [0, 0.1) is 12.8 Å². The van der Waals surface area contributed by atoms with Gasteiger partial charge in [0.1, 0.15) is 18.3 Å². The maximum Gasteiger partial charge on any atom is 0.244 e. The minimum absolute atomic E-state index is 0.152. The molecule has 8 nitrogen and oxygen atoms in total. The third-order valence-electron chi connectivity index (χ3n) is 6.67. The molecular formula is C32H41N3O5S. The predicted octanol–water partition coefficient (Wildman–Crippen LogP) is 4.57. The highest BCUT2D eigenvalue weighted by atomic mass is 32.2. The number of carbonyl (C=O) groups excluding carboxylic acids is 2. The zero-order valence-electron chi connectivity index (χ0n) is 24.5. The maximum absolute atomic E-state index is 14.1. The molecule has 0 heterocycles. The summed E-state index contributed by atoms with van der Waals surface area (Å²) in [4.78, 5) is 29.3. The molecule has 41 heavy (non-hydrogen) atoms. The number of hydrogen-bond acceptors (Lipinski definition) is 5. The van der Waals surface area contributed by atoms with E-state index < -0.39 is 28.5 Å². The first-order chi connectivity index (χ1) is 19.5. The molecular weight excluding hydrogens is 538 g/mol.